The highest BCUT2D eigenvalue weighted by Crippen LogP contribution is 2.18. The van der Waals surface area contributed by atoms with Crippen molar-refractivity contribution in [1.29, 1.82) is 0 Å². The van der Waals surface area contributed by atoms with Gasteiger partial charge >= 0.3 is 0 Å². The van der Waals surface area contributed by atoms with Gasteiger partial charge in [-0.3, -0.25) is 9.10 Å². The third-order valence-corrected chi connectivity index (χ3v) is 5.14. The lowest BCUT2D eigenvalue weighted by molar-refractivity contribution is 0.0926. The van der Waals surface area contributed by atoms with E-state index in [-0.39, 0.29) is 11.9 Å². The van der Waals surface area contributed by atoms with Crippen LogP contribution in [0.1, 0.15) is 22.8 Å². The molecule has 0 aliphatic rings. The predicted octanol–water partition coefficient (Wildman–Crippen LogP) is 2.59. The van der Waals surface area contributed by atoms with Gasteiger partial charge in [0.2, 0.25) is 10.0 Å². The first-order chi connectivity index (χ1) is 12.2. The number of amides is 1. The maximum Gasteiger partial charge on any atom is 0.251 e. The molecular weight excluding hydrogens is 352 g/mol. The van der Waals surface area contributed by atoms with Crippen LogP contribution in [0.15, 0.2) is 48.5 Å². The van der Waals surface area contributed by atoms with E-state index in [1.807, 2.05) is 38.1 Å². The number of ether oxygens (including phenoxy) is 1. The lowest BCUT2D eigenvalue weighted by Crippen LogP contribution is -2.37. The molecule has 26 heavy (non-hydrogen) atoms. The van der Waals surface area contributed by atoms with Gasteiger partial charge in [0.1, 0.15) is 12.4 Å². The van der Waals surface area contributed by atoms with Crippen LogP contribution in [-0.4, -0.2) is 40.3 Å². The van der Waals surface area contributed by atoms with E-state index in [2.05, 4.69) is 5.32 Å². The summed E-state index contributed by atoms with van der Waals surface area (Å²) in [5, 5.41) is 2.86. The zero-order valence-corrected chi connectivity index (χ0v) is 16.2. The van der Waals surface area contributed by atoms with E-state index in [1.54, 1.807) is 24.3 Å². The molecule has 1 amide bonds. The molecule has 2 rings (SSSR count). The second-order valence-corrected chi connectivity index (χ2v) is 8.25. The van der Waals surface area contributed by atoms with Crippen molar-refractivity contribution in [1.82, 2.24) is 5.32 Å². The molecule has 0 aliphatic carbocycles. The number of nitrogens with zero attached hydrogens (tertiary/aromatic N) is 1. The van der Waals surface area contributed by atoms with Crippen LogP contribution in [0.4, 0.5) is 5.69 Å². The molecule has 2 aromatic rings. The van der Waals surface area contributed by atoms with Crippen molar-refractivity contribution in [2.24, 2.45) is 0 Å². The van der Waals surface area contributed by atoms with E-state index in [0.29, 0.717) is 17.9 Å². The van der Waals surface area contributed by atoms with E-state index in [1.165, 1.54) is 7.05 Å². The first-order valence-electron chi connectivity index (χ1n) is 8.21. The summed E-state index contributed by atoms with van der Waals surface area (Å²) >= 11 is 0. The van der Waals surface area contributed by atoms with Crippen molar-refractivity contribution in [3.63, 3.8) is 0 Å². The van der Waals surface area contributed by atoms with E-state index in [4.69, 9.17) is 4.74 Å². The third kappa shape index (κ3) is 5.23. The highest BCUT2D eigenvalue weighted by Gasteiger charge is 2.15. The number of carbonyl (C=O) groups excluding carboxylic acids is 1. The maximum absolute atomic E-state index is 12.4. The minimum absolute atomic E-state index is 0.210. The molecule has 0 radical (unpaired) electrons. The molecule has 0 fully saturated rings. The van der Waals surface area contributed by atoms with E-state index >= 15 is 0 Å². The molecule has 6 nitrogen and oxygen atoms in total. The summed E-state index contributed by atoms with van der Waals surface area (Å²) < 4.78 is 30.2. The van der Waals surface area contributed by atoms with Crippen LogP contribution in [0.2, 0.25) is 0 Å². The summed E-state index contributed by atoms with van der Waals surface area (Å²) in [6.45, 7) is 4.14. The van der Waals surface area contributed by atoms with Gasteiger partial charge in [0.15, 0.2) is 0 Å². The average Bonchev–Trinajstić information content (AvgIpc) is 2.59. The Bertz CT molecular complexity index is 881. The molecule has 0 spiro atoms. The van der Waals surface area contributed by atoms with E-state index < -0.39 is 10.0 Å². The summed E-state index contributed by atoms with van der Waals surface area (Å²) in [4.78, 5) is 12.4. The van der Waals surface area contributed by atoms with Crippen molar-refractivity contribution in [2.75, 3.05) is 24.2 Å². The number of anilines is 1. The fourth-order valence-electron chi connectivity index (χ4n) is 2.32. The first-order valence-corrected chi connectivity index (χ1v) is 10.1. The largest absolute Gasteiger partial charge is 0.491 e. The molecule has 0 bridgehead atoms. The zero-order valence-electron chi connectivity index (χ0n) is 15.4. The molecule has 0 saturated heterocycles. The van der Waals surface area contributed by atoms with Crippen molar-refractivity contribution >= 4 is 21.6 Å². The molecule has 0 aliphatic heterocycles. The van der Waals surface area contributed by atoms with Crippen LogP contribution >= 0.6 is 0 Å². The number of carbonyl (C=O) groups is 1. The molecule has 1 unspecified atom stereocenters. The third-order valence-electron chi connectivity index (χ3n) is 3.93. The number of nitrogens with one attached hydrogen (secondary N) is 1. The summed E-state index contributed by atoms with van der Waals surface area (Å²) in [5.41, 5.74) is 1.85. The standard InChI is InChI=1S/C19H24N2O4S/c1-14-8-5-6-11-18(14)25-13-15(2)20-19(22)16-9-7-10-17(12-16)21(3)26(4,23)24/h5-12,15H,13H2,1-4H3,(H,20,22). The second-order valence-electron chi connectivity index (χ2n) is 6.23. The van der Waals surface area contributed by atoms with E-state index in [9.17, 15) is 13.2 Å². The Morgan fingerprint density at radius 2 is 1.88 bits per heavy atom. The van der Waals surface area contributed by atoms with Crippen LogP contribution in [0.25, 0.3) is 0 Å². The Kier molecular flexibility index (Phi) is 6.26. The van der Waals surface area contributed by atoms with Gasteiger partial charge in [-0.15, -0.1) is 0 Å². The number of sulfonamides is 1. The number of hydrogen-bond donors (Lipinski definition) is 1. The van der Waals surface area contributed by atoms with Gasteiger partial charge in [0.05, 0.1) is 18.0 Å². The average molecular weight is 376 g/mol. The SMILES string of the molecule is Cc1ccccc1OCC(C)NC(=O)c1cccc(N(C)S(C)(=O)=O)c1. The van der Waals surface area contributed by atoms with E-state index in [0.717, 1.165) is 21.9 Å². The highest BCUT2D eigenvalue weighted by molar-refractivity contribution is 7.92. The zero-order chi connectivity index (χ0) is 19.3. The molecule has 1 N–H and O–H groups in total. The van der Waals surface area contributed by atoms with Crippen LogP contribution in [-0.2, 0) is 10.0 Å². The van der Waals surface area contributed by atoms with Crippen LogP contribution in [0.5, 0.6) is 5.75 Å². The van der Waals surface area contributed by atoms with Crippen molar-refractivity contribution in [2.45, 2.75) is 19.9 Å². The minimum Gasteiger partial charge on any atom is -0.491 e. The topological polar surface area (TPSA) is 75.7 Å². The van der Waals surface area contributed by atoms with Crippen molar-refractivity contribution in [3.05, 3.63) is 59.7 Å². The van der Waals surface area contributed by atoms with Gasteiger partial charge in [-0.25, -0.2) is 8.42 Å². The predicted molar refractivity (Wildman–Crippen MR) is 103 cm³/mol. The Hall–Kier alpha value is -2.54. The van der Waals surface area contributed by atoms with Gasteiger partial charge in [-0.1, -0.05) is 24.3 Å². The van der Waals surface area contributed by atoms with Gasteiger partial charge in [0.25, 0.3) is 5.91 Å². The summed E-state index contributed by atoms with van der Waals surface area (Å²) in [6, 6.07) is 14.0. The molecule has 1 atom stereocenters. The Morgan fingerprint density at radius 1 is 1.19 bits per heavy atom. The number of benzene rings is 2. The van der Waals surface area contributed by atoms with Crippen LogP contribution in [0.3, 0.4) is 0 Å². The van der Waals surface area contributed by atoms with Crippen LogP contribution in [0, 0.1) is 6.92 Å². The summed E-state index contributed by atoms with van der Waals surface area (Å²) in [7, 11) is -1.93. The van der Waals surface area contributed by atoms with Crippen LogP contribution < -0.4 is 14.4 Å². The van der Waals surface area contributed by atoms with Crippen molar-refractivity contribution in [3.8, 4) is 5.75 Å². The fourth-order valence-corrected chi connectivity index (χ4v) is 2.81. The van der Waals surface area contributed by atoms with Crippen molar-refractivity contribution < 1.29 is 17.9 Å². The monoisotopic (exact) mass is 376 g/mol. The molecule has 0 heterocycles. The molecule has 2 aromatic carbocycles. The fraction of sp³-hybridized carbons (Fsp3) is 0.316. The minimum atomic E-state index is -3.38. The molecule has 140 valence electrons. The Balaban J connectivity index is 2.00. The molecule has 0 aromatic heterocycles. The highest BCUT2D eigenvalue weighted by atomic mass is 32.2. The number of rotatable bonds is 7. The lowest BCUT2D eigenvalue weighted by Gasteiger charge is -2.18. The molecule has 7 heteroatoms. The quantitative estimate of drug-likeness (QED) is 0.806. The lowest BCUT2D eigenvalue weighted by atomic mass is 10.1. The number of aryl methyl sites for hydroxylation is 1. The summed E-state index contributed by atoms with van der Waals surface area (Å²) in [5.74, 6) is 0.500. The van der Waals surface area contributed by atoms with Gasteiger partial charge < -0.3 is 10.1 Å². The normalized spacial score (nSPS) is 12.3. The Morgan fingerprint density at radius 3 is 2.54 bits per heavy atom. The first kappa shape index (κ1) is 19.8. The summed E-state index contributed by atoms with van der Waals surface area (Å²) in [6.07, 6.45) is 1.12. The maximum atomic E-state index is 12.4. The molecule has 0 saturated carbocycles. The number of hydrogen-bond acceptors (Lipinski definition) is 4. The smallest absolute Gasteiger partial charge is 0.251 e. The second kappa shape index (κ2) is 8.23. The Labute approximate surface area is 154 Å². The van der Waals surface area contributed by atoms with Gasteiger partial charge in [0, 0.05) is 12.6 Å². The van der Waals surface area contributed by atoms with Gasteiger partial charge in [-0.05, 0) is 43.7 Å². The molecular formula is C19H24N2O4S. The number of para-hydroxylation sites is 1. The van der Waals surface area contributed by atoms with Gasteiger partial charge in [-0.2, -0.15) is 0 Å².